The molecule has 1 aromatic carbocycles. The second-order valence-electron chi connectivity index (χ2n) is 7.70. The number of aromatic amines is 1. The molecule has 6 nitrogen and oxygen atoms in total. The van der Waals surface area contributed by atoms with Crippen molar-refractivity contribution < 1.29 is 9.53 Å². The Labute approximate surface area is 160 Å². The van der Waals surface area contributed by atoms with E-state index in [1.54, 1.807) is 0 Å². The van der Waals surface area contributed by atoms with Crippen LogP contribution in [0.5, 0.6) is 5.75 Å². The summed E-state index contributed by atoms with van der Waals surface area (Å²) in [5.74, 6) is 0.829. The largest absolute Gasteiger partial charge is 0.493 e. The van der Waals surface area contributed by atoms with E-state index in [2.05, 4.69) is 22.4 Å². The maximum absolute atomic E-state index is 13.2. The first-order valence-electron chi connectivity index (χ1n) is 9.96. The van der Waals surface area contributed by atoms with E-state index in [-0.39, 0.29) is 17.5 Å². The van der Waals surface area contributed by atoms with Crippen LogP contribution in [0.3, 0.4) is 0 Å². The lowest BCUT2D eigenvalue weighted by Gasteiger charge is -2.51. The van der Waals surface area contributed by atoms with Gasteiger partial charge in [-0.2, -0.15) is 5.10 Å². The fourth-order valence-corrected chi connectivity index (χ4v) is 4.56. The number of hydrogen-bond donors (Lipinski definition) is 2. The highest BCUT2D eigenvalue weighted by Crippen LogP contribution is 2.34. The van der Waals surface area contributed by atoms with Crippen molar-refractivity contribution in [2.24, 2.45) is 0 Å². The zero-order valence-corrected chi connectivity index (χ0v) is 16.1. The second-order valence-corrected chi connectivity index (χ2v) is 7.70. The van der Waals surface area contributed by atoms with Gasteiger partial charge in [0.15, 0.2) is 0 Å². The molecule has 2 aliphatic rings. The molecule has 0 unspecified atom stereocenters. The SMILES string of the molecule is CCOc1ccccc1-c1cc(C(=O)N2CCC[C@]3(C)NCCC[C@@H]23)[nH]n1. The summed E-state index contributed by atoms with van der Waals surface area (Å²) in [6, 6.07) is 9.89. The van der Waals surface area contributed by atoms with Crippen LogP contribution in [0.4, 0.5) is 0 Å². The topological polar surface area (TPSA) is 70.2 Å². The standard InChI is InChI=1S/C21H28N4O2/c1-3-27-18-9-5-4-8-15(18)16-14-17(24-23-16)20(26)25-13-7-11-21(2)19(25)10-6-12-22-21/h4-5,8-9,14,19,22H,3,6-7,10-13H2,1-2H3,(H,23,24)/t19-,21+/m1/s1. The van der Waals surface area contributed by atoms with Gasteiger partial charge in [-0.05, 0) is 64.3 Å². The Bertz CT molecular complexity index is 814. The minimum absolute atomic E-state index is 0.0244. The number of amides is 1. The molecule has 6 heteroatoms. The molecule has 3 heterocycles. The van der Waals surface area contributed by atoms with Crippen LogP contribution in [0.15, 0.2) is 30.3 Å². The van der Waals surface area contributed by atoms with Crippen LogP contribution >= 0.6 is 0 Å². The van der Waals surface area contributed by atoms with Crippen LogP contribution in [0.25, 0.3) is 11.3 Å². The highest BCUT2D eigenvalue weighted by atomic mass is 16.5. The predicted octanol–water partition coefficient (Wildman–Crippen LogP) is 3.22. The summed E-state index contributed by atoms with van der Waals surface area (Å²) in [7, 11) is 0. The quantitative estimate of drug-likeness (QED) is 0.869. The van der Waals surface area contributed by atoms with E-state index in [9.17, 15) is 4.79 Å². The number of aromatic nitrogens is 2. The Hall–Kier alpha value is -2.34. The molecule has 0 spiro atoms. The van der Waals surface area contributed by atoms with Crippen molar-refractivity contribution in [2.45, 2.75) is 51.1 Å². The lowest BCUT2D eigenvalue weighted by atomic mass is 9.77. The van der Waals surface area contributed by atoms with Crippen LogP contribution in [0.1, 0.15) is 50.0 Å². The number of benzene rings is 1. The molecule has 27 heavy (non-hydrogen) atoms. The lowest BCUT2D eigenvalue weighted by Crippen LogP contribution is -2.65. The number of nitrogens with one attached hydrogen (secondary N) is 2. The van der Waals surface area contributed by atoms with E-state index in [0.717, 1.165) is 55.8 Å². The monoisotopic (exact) mass is 368 g/mol. The van der Waals surface area contributed by atoms with Crippen LogP contribution < -0.4 is 10.1 Å². The van der Waals surface area contributed by atoms with Crippen molar-refractivity contribution in [2.75, 3.05) is 19.7 Å². The molecule has 4 rings (SSSR count). The first-order chi connectivity index (χ1) is 13.1. The summed E-state index contributed by atoms with van der Waals surface area (Å²) in [5, 5.41) is 11.0. The molecule has 0 aliphatic carbocycles. The Balaban J connectivity index is 1.59. The zero-order chi connectivity index (χ0) is 18.9. The van der Waals surface area contributed by atoms with Gasteiger partial charge < -0.3 is 15.0 Å². The van der Waals surface area contributed by atoms with Crippen molar-refractivity contribution >= 4 is 5.91 Å². The molecule has 0 radical (unpaired) electrons. The number of H-pyrrole nitrogens is 1. The third-order valence-corrected chi connectivity index (χ3v) is 5.92. The number of rotatable bonds is 4. The molecule has 0 bridgehead atoms. The number of hydrogen-bond acceptors (Lipinski definition) is 4. The van der Waals surface area contributed by atoms with Gasteiger partial charge in [-0.15, -0.1) is 0 Å². The van der Waals surface area contributed by atoms with Crippen LogP contribution in [0.2, 0.25) is 0 Å². The molecule has 2 aromatic rings. The van der Waals surface area contributed by atoms with Crippen LogP contribution in [-0.4, -0.2) is 52.3 Å². The molecule has 2 aliphatic heterocycles. The van der Waals surface area contributed by atoms with E-state index in [4.69, 9.17) is 4.74 Å². The second kappa shape index (κ2) is 7.35. The fraction of sp³-hybridized carbons (Fsp3) is 0.524. The summed E-state index contributed by atoms with van der Waals surface area (Å²) < 4.78 is 5.70. The van der Waals surface area contributed by atoms with Gasteiger partial charge in [0.25, 0.3) is 5.91 Å². The zero-order valence-electron chi connectivity index (χ0n) is 16.1. The third-order valence-electron chi connectivity index (χ3n) is 5.92. The van der Waals surface area contributed by atoms with Crippen LogP contribution in [0, 0.1) is 0 Å². The first kappa shape index (κ1) is 18.0. The maximum Gasteiger partial charge on any atom is 0.272 e. The number of likely N-dealkylation sites (tertiary alicyclic amines) is 1. The summed E-state index contributed by atoms with van der Waals surface area (Å²) in [5.41, 5.74) is 2.21. The average molecular weight is 368 g/mol. The number of carbonyl (C=O) groups excluding carboxylic acids is 1. The maximum atomic E-state index is 13.2. The summed E-state index contributed by atoms with van der Waals surface area (Å²) in [4.78, 5) is 15.3. The van der Waals surface area contributed by atoms with Gasteiger partial charge in [-0.25, -0.2) is 0 Å². The van der Waals surface area contributed by atoms with E-state index >= 15 is 0 Å². The van der Waals surface area contributed by atoms with Gasteiger partial charge in [0.05, 0.1) is 12.3 Å². The number of fused-ring (bicyclic) bond motifs is 1. The minimum atomic E-state index is 0.0244. The predicted molar refractivity (Wildman–Crippen MR) is 105 cm³/mol. The van der Waals surface area contributed by atoms with Gasteiger partial charge in [0.1, 0.15) is 11.4 Å². The Morgan fingerprint density at radius 3 is 3.07 bits per heavy atom. The van der Waals surface area contributed by atoms with E-state index in [1.807, 2.05) is 42.2 Å². The number of ether oxygens (including phenoxy) is 1. The molecule has 2 atom stereocenters. The van der Waals surface area contributed by atoms with E-state index < -0.39 is 0 Å². The van der Waals surface area contributed by atoms with E-state index in [0.29, 0.717) is 12.3 Å². The highest BCUT2D eigenvalue weighted by Gasteiger charge is 2.44. The molecular weight excluding hydrogens is 340 g/mol. The molecule has 1 aromatic heterocycles. The van der Waals surface area contributed by atoms with Gasteiger partial charge in [-0.1, -0.05) is 12.1 Å². The van der Waals surface area contributed by atoms with Crippen molar-refractivity contribution in [1.29, 1.82) is 0 Å². The van der Waals surface area contributed by atoms with Gasteiger partial charge in [0.2, 0.25) is 0 Å². The molecule has 1 amide bonds. The Morgan fingerprint density at radius 2 is 2.22 bits per heavy atom. The average Bonchev–Trinajstić information content (AvgIpc) is 3.17. The number of piperidine rings is 2. The van der Waals surface area contributed by atoms with Crippen molar-refractivity contribution in [3.63, 3.8) is 0 Å². The lowest BCUT2D eigenvalue weighted by molar-refractivity contribution is 0.0249. The molecule has 2 fully saturated rings. The molecule has 144 valence electrons. The molecular formula is C21H28N4O2. The van der Waals surface area contributed by atoms with E-state index in [1.165, 1.54) is 0 Å². The highest BCUT2D eigenvalue weighted by molar-refractivity contribution is 5.94. The summed E-state index contributed by atoms with van der Waals surface area (Å²) >= 11 is 0. The van der Waals surface area contributed by atoms with Gasteiger partial charge in [-0.3, -0.25) is 9.89 Å². The van der Waals surface area contributed by atoms with Gasteiger partial charge >= 0.3 is 0 Å². The Morgan fingerprint density at radius 1 is 1.37 bits per heavy atom. The fourth-order valence-electron chi connectivity index (χ4n) is 4.56. The van der Waals surface area contributed by atoms with Gasteiger partial charge in [0, 0.05) is 23.7 Å². The van der Waals surface area contributed by atoms with Crippen LogP contribution in [-0.2, 0) is 0 Å². The normalized spacial score (nSPS) is 25.1. The summed E-state index contributed by atoms with van der Waals surface area (Å²) in [6.45, 7) is 6.66. The van der Waals surface area contributed by atoms with Crippen molar-refractivity contribution in [3.8, 4) is 17.0 Å². The minimum Gasteiger partial charge on any atom is -0.493 e. The number of para-hydroxylation sites is 1. The number of carbonyl (C=O) groups is 1. The van der Waals surface area contributed by atoms with Crippen molar-refractivity contribution in [1.82, 2.24) is 20.4 Å². The molecule has 0 saturated carbocycles. The van der Waals surface area contributed by atoms with Crippen molar-refractivity contribution in [3.05, 3.63) is 36.0 Å². The summed E-state index contributed by atoms with van der Waals surface area (Å²) in [6.07, 6.45) is 4.32. The Kier molecular flexibility index (Phi) is 4.91. The number of nitrogens with zero attached hydrogens (tertiary/aromatic N) is 2. The third kappa shape index (κ3) is 3.34. The molecule has 2 N–H and O–H groups in total. The molecule has 2 saturated heterocycles. The smallest absolute Gasteiger partial charge is 0.272 e. The first-order valence-corrected chi connectivity index (χ1v) is 9.96.